The summed E-state index contributed by atoms with van der Waals surface area (Å²) >= 11 is 0. The van der Waals surface area contributed by atoms with E-state index >= 15 is 0 Å². The second-order valence-electron chi connectivity index (χ2n) is 4.03. The molecule has 78 valence electrons. The molecule has 0 aromatic carbocycles. The third-order valence-electron chi connectivity index (χ3n) is 3.31. The van der Waals surface area contributed by atoms with Gasteiger partial charge in [0.15, 0.2) is 0 Å². The molecule has 1 N–H and O–H groups in total. The van der Waals surface area contributed by atoms with Gasteiger partial charge in [0.05, 0.1) is 5.54 Å². The van der Waals surface area contributed by atoms with E-state index in [9.17, 15) is 0 Å². The van der Waals surface area contributed by atoms with Gasteiger partial charge in [-0.25, -0.2) is 0 Å². The quantitative estimate of drug-likeness (QED) is 0.598. The standard InChI is InChI=1S/C11H18N2O/c1-2-11(3-9-14-10-4-11)13-7-5-12-6-8-13/h1,12H,3-10H2. The van der Waals surface area contributed by atoms with Crippen molar-refractivity contribution in [3.8, 4) is 12.3 Å². The molecule has 0 unspecified atom stereocenters. The van der Waals surface area contributed by atoms with Crippen molar-refractivity contribution in [2.75, 3.05) is 39.4 Å². The van der Waals surface area contributed by atoms with Crippen LogP contribution in [-0.4, -0.2) is 49.8 Å². The third kappa shape index (κ3) is 1.78. The van der Waals surface area contributed by atoms with Crippen molar-refractivity contribution in [1.82, 2.24) is 10.2 Å². The first-order chi connectivity index (χ1) is 6.87. The van der Waals surface area contributed by atoms with Crippen LogP contribution in [-0.2, 0) is 4.74 Å². The maximum Gasteiger partial charge on any atom is 0.0868 e. The van der Waals surface area contributed by atoms with Crippen molar-refractivity contribution in [2.24, 2.45) is 0 Å². The molecule has 0 aliphatic carbocycles. The van der Waals surface area contributed by atoms with Crippen LogP contribution in [0.5, 0.6) is 0 Å². The van der Waals surface area contributed by atoms with Crippen LogP contribution in [0, 0.1) is 12.3 Å². The smallest absolute Gasteiger partial charge is 0.0868 e. The SMILES string of the molecule is C#CC1(N2CCNCC2)CCOCC1. The molecule has 2 heterocycles. The Labute approximate surface area is 85.8 Å². The van der Waals surface area contributed by atoms with Crippen molar-refractivity contribution >= 4 is 0 Å². The van der Waals surface area contributed by atoms with E-state index in [0.717, 1.165) is 52.2 Å². The molecule has 2 saturated heterocycles. The topological polar surface area (TPSA) is 24.5 Å². The molecule has 3 nitrogen and oxygen atoms in total. The van der Waals surface area contributed by atoms with Crippen LogP contribution in [0.2, 0.25) is 0 Å². The molecular weight excluding hydrogens is 176 g/mol. The zero-order chi connectivity index (χ0) is 9.86. The summed E-state index contributed by atoms with van der Waals surface area (Å²) < 4.78 is 5.38. The molecule has 0 aromatic heterocycles. The summed E-state index contributed by atoms with van der Waals surface area (Å²) in [7, 11) is 0. The molecule has 0 aromatic rings. The molecule has 0 spiro atoms. The Morgan fingerprint density at radius 1 is 1.21 bits per heavy atom. The average molecular weight is 194 g/mol. The Kier molecular flexibility index (Phi) is 3.07. The molecule has 3 heteroatoms. The fourth-order valence-electron chi connectivity index (χ4n) is 2.35. The number of hydrogen-bond donors (Lipinski definition) is 1. The second-order valence-corrected chi connectivity index (χ2v) is 4.03. The second kappa shape index (κ2) is 4.31. The Bertz CT molecular complexity index is 222. The van der Waals surface area contributed by atoms with Gasteiger partial charge in [-0.3, -0.25) is 4.90 Å². The van der Waals surface area contributed by atoms with E-state index in [2.05, 4.69) is 16.1 Å². The highest BCUT2D eigenvalue weighted by Crippen LogP contribution is 2.27. The number of nitrogens with zero attached hydrogens (tertiary/aromatic N) is 1. The van der Waals surface area contributed by atoms with E-state index in [4.69, 9.17) is 11.2 Å². The number of hydrogen-bond acceptors (Lipinski definition) is 3. The number of ether oxygens (including phenoxy) is 1. The molecule has 2 aliphatic heterocycles. The number of rotatable bonds is 1. The van der Waals surface area contributed by atoms with Crippen molar-refractivity contribution in [1.29, 1.82) is 0 Å². The summed E-state index contributed by atoms with van der Waals surface area (Å²) in [6.45, 7) is 5.89. The van der Waals surface area contributed by atoms with E-state index in [1.54, 1.807) is 0 Å². The van der Waals surface area contributed by atoms with Gasteiger partial charge < -0.3 is 10.1 Å². The van der Waals surface area contributed by atoms with Gasteiger partial charge in [-0.05, 0) is 0 Å². The summed E-state index contributed by atoms with van der Waals surface area (Å²) in [6.07, 6.45) is 7.68. The first-order valence-corrected chi connectivity index (χ1v) is 5.39. The van der Waals surface area contributed by atoms with Crippen molar-refractivity contribution in [3.05, 3.63) is 0 Å². The lowest BCUT2D eigenvalue weighted by Gasteiger charge is -2.44. The molecule has 14 heavy (non-hydrogen) atoms. The van der Waals surface area contributed by atoms with E-state index in [-0.39, 0.29) is 5.54 Å². The zero-order valence-electron chi connectivity index (χ0n) is 8.59. The fourth-order valence-corrected chi connectivity index (χ4v) is 2.35. The monoisotopic (exact) mass is 194 g/mol. The van der Waals surface area contributed by atoms with Crippen LogP contribution in [0.1, 0.15) is 12.8 Å². The zero-order valence-corrected chi connectivity index (χ0v) is 8.59. The minimum absolute atomic E-state index is 0.0135. The van der Waals surface area contributed by atoms with Crippen LogP contribution in [0.25, 0.3) is 0 Å². The van der Waals surface area contributed by atoms with Crippen molar-refractivity contribution in [2.45, 2.75) is 18.4 Å². The maximum atomic E-state index is 5.70. The Balaban J connectivity index is 2.06. The summed E-state index contributed by atoms with van der Waals surface area (Å²) in [5, 5.41) is 3.35. The summed E-state index contributed by atoms with van der Waals surface area (Å²) in [5.74, 6) is 3.01. The Morgan fingerprint density at radius 3 is 2.43 bits per heavy atom. The predicted molar refractivity (Wildman–Crippen MR) is 56.1 cm³/mol. The minimum Gasteiger partial charge on any atom is -0.381 e. The lowest BCUT2D eigenvalue weighted by Crippen LogP contribution is -2.57. The third-order valence-corrected chi connectivity index (χ3v) is 3.31. The van der Waals surface area contributed by atoms with Gasteiger partial charge in [-0.2, -0.15) is 0 Å². The molecule has 2 fully saturated rings. The van der Waals surface area contributed by atoms with Gasteiger partial charge in [0, 0.05) is 52.2 Å². The largest absolute Gasteiger partial charge is 0.381 e. The van der Waals surface area contributed by atoms with Crippen LogP contribution in [0.15, 0.2) is 0 Å². The molecule has 0 saturated carbocycles. The lowest BCUT2D eigenvalue weighted by molar-refractivity contribution is -0.00282. The molecule has 2 rings (SSSR count). The highest BCUT2D eigenvalue weighted by atomic mass is 16.5. The number of nitrogens with one attached hydrogen (secondary N) is 1. The van der Waals surface area contributed by atoms with E-state index in [0.29, 0.717) is 0 Å². The minimum atomic E-state index is -0.0135. The highest BCUT2D eigenvalue weighted by Gasteiger charge is 2.36. The van der Waals surface area contributed by atoms with Crippen LogP contribution in [0.3, 0.4) is 0 Å². The predicted octanol–water partition coefficient (Wildman–Crippen LogP) is 0.0740. The Morgan fingerprint density at radius 2 is 1.86 bits per heavy atom. The molecular formula is C11H18N2O. The van der Waals surface area contributed by atoms with Crippen molar-refractivity contribution in [3.63, 3.8) is 0 Å². The molecule has 0 bridgehead atoms. The fraction of sp³-hybridized carbons (Fsp3) is 0.818. The number of terminal acetylenes is 1. The Hall–Kier alpha value is -0.560. The molecule has 2 aliphatic rings. The van der Waals surface area contributed by atoms with Crippen LogP contribution in [0.4, 0.5) is 0 Å². The van der Waals surface area contributed by atoms with Gasteiger partial charge in [0.1, 0.15) is 0 Å². The molecule has 0 atom stereocenters. The van der Waals surface area contributed by atoms with Gasteiger partial charge in [-0.1, -0.05) is 5.92 Å². The normalized spacial score (nSPS) is 28.2. The summed E-state index contributed by atoms with van der Waals surface area (Å²) in [5.41, 5.74) is -0.0135. The van der Waals surface area contributed by atoms with Gasteiger partial charge >= 0.3 is 0 Å². The van der Waals surface area contributed by atoms with E-state index in [1.807, 2.05) is 0 Å². The van der Waals surface area contributed by atoms with Crippen molar-refractivity contribution < 1.29 is 4.74 Å². The van der Waals surface area contributed by atoms with Crippen LogP contribution >= 0.6 is 0 Å². The molecule has 0 radical (unpaired) electrons. The summed E-state index contributed by atoms with van der Waals surface area (Å²) in [6, 6.07) is 0. The maximum absolute atomic E-state index is 5.70. The lowest BCUT2D eigenvalue weighted by atomic mass is 9.88. The van der Waals surface area contributed by atoms with E-state index < -0.39 is 0 Å². The van der Waals surface area contributed by atoms with Gasteiger partial charge in [0.2, 0.25) is 0 Å². The first kappa shape index (κ1) is 9.97. The molecule has 0 amide bonds. The van der Waals surface area contributed by atoms with E-state index in [1.165, 1.54) is 0 Å². The first-order valence-electron chi connectivity index (χ1n) is 5.39. The number of piperazine rings is 1. The van der Waals surface area contributed by atoms with Gasteiger partial charge in [0.25, 0.3) is 0 Å². The summed E-state index contributed by atoms with van der Waals surface area (Å²) in [4.78, 5) is 2.45. The van der Waals surface area contributed by atoms with Gasteiger partial charge in [-0.15, -0.1) is 6.42 Å². The average Bonchev–Trinajstić information content (AvgIpc) is 2.31. The highest BCUT2D eigenvalue weighted by molar-refractivity contribution is 5.15. The van der Waals surface area contributed by atoms with Crippen LogP contribution < -0.4 is 5.32 Å².